The molecule has 9 nitrogen and oxygen atoms in total. The summed E-state index contributed by atoms with van der Waals surface area (Å²) >= 11 is 0. The summed E-state index contributed by atoms with van der Waals surface area (Å²) in [6.07, 6.45) is 3.06. The first-order chi connectivity index (χ1) is 14.9. The third kappa shape index (κ3) is 6.37. The summed E-state index contributed by atoms with van der Waals surface area (Å²) < 4.78 is 12.3. The van der Waals surface area contributed by atoms with Crippen molar-refractivity contribution in [1.29, 1.82) is 0 Å². The number of unbranched alkanes of at least 4 members (excludes halogenated alkanes) is 2. The predicted molar refractivity (Wildman–Crippen MR) is 121 cm³/mol. The molecule has 0 radical (unpaired) electrons. The highest BCUT2D eigenvalue weighted by Crippen LogP contribution is 2.20. The van der Waals surface area contributed by atoms with Gasteiger partial charge in [-0.25, -0.2) is 4.79 Å². The number of nitrogen functional groups attached to an aromatic ring is 1. The van der Waals surface area contributed by atoms with Crippen molar-refractivity contribution in [2.45, 2.75) is 53.0 Å². The van der Waals surface area contributed by atoms with Gasteiger partial charge < -0.3 is 20.1 Å². The van der Waals surface area contributed by atoms with Crippen LogP contribution >= 0.6 is 0 Å². The number of aromatic nitrogens is 2. The van der Waals surface area contributed by atoms with E-state index in [-0.39, 0.29) is 18.1 Å². The number of ether oxygens (including phenoxy) is 2. The van der Waals surface area contributed by atoms with E-state index in [2.05, 4.69) is 4.98 Å². The monoisotopic (exact) mass is 432 g/mol. The van der Waals surface area contributed by atoms with E-state index in [4.69, 9.17) is 15.2 Å². The molecule has 0 aliphatic heterocycles. The summed E-state index contributed by atoms with van der Waals surface area (Å²) in [5, 5.41) is 0. The van der Waals surface area contributed by atoms with Gasteiger partial charge >= 0.3 is 5.69 Å². The lowest BCUT2D eigenvalue weighted by Crippen LogP contribution is -2.43. The molecule has 1 aromatic carbocycles. The Hall–Kier alpha value is -3.23. The Kier molecular flexibility index (Phi) is 9.17. The minimum atomic E-state index is -0.680. The van der Waals surface area contributed by atoms with Crippen LogP contribution in [0.4, 0.5) is 11.5 Å². The fourth-order valence-electron chi connectivity index (χ4n) is 3.08. The van der Waals surface area contributed by atoms with Crippen LogP contribution in [-0.2, 0) is 11.3 Å². The van der Waals surface area contributed by atoms with Crippen molar-refractivity contribution in [1.82, 2.24) is 9.55 Å². The fourth-order valence-corrected chi connectivity index (χ4v) is 3.08. The number of nitrogens with one attached hydrogen (secondary N) is 1. The van der Waals surface area contributed by atoms with Crippen molar-refractivity contribution in [2.75, 3.05) is 30.4 Å². The van der Waals surface area contributed by atoms with Crippen LogP contribution < -0.4 is 31.4 Å². The van der Waals surface area contributed by atoms with Crippen LogP contribution in [0.5, 0.6) is 11.5 Å². The second-order valence-electron chi connectivity index (χ2n) is 7.09. The summed E-state index contributed by atoms with van der Waals surface area (Å²) in [5.74, 6) is 0.786. The molecule has 3 N–H and O–H groups in total. The molecule has 31 heavy (non-hydrogen) atoms. The van der Waals surface area contributed by atoms with Crippen LogP contribution in [0.3, 0.4) is 0 Å². The summed E-state index contributed by atoms with van der Waals surface area (Å²) in [6.45, 7) is 6.81. The van der Waals surface area contributed by atoms with Gasteiger partial charge in [-0.05, 0) is 44.0 Å². The third-order valence-corrected chi connectivity index (χ3v) is 4.75. The van der Waals surface area contributed by atoms with Crippen molar-refractivity contribution in [2.24, 2.45) is 0 Å². The molecule has 0 aliphatic carbocycles. The molecule has 1 aromatic heterocycles. The van der Waals surface area contributed by atoms with Crippen molar-refractivity contribution in [3.8, 4) is 11.5 Å². The zero-order chi connectivity index (χ0) is 22.8. The summed E-state index contributed by atoms with van der Waals surface area (Å²) in [5.41, 5.74) is 4.92. The molecule has 0 spiro atoms. The van der Waals surface area contributed by atoms with Crippen LogP contribution in [-0.4, -0.2) is 35.2 Å². The van der Waals surface area contributed by atoms with E-state index in [0.717, 1.165) is 19.3 Å². The molecule has 1 amide bonds. The van der Waals surface area contributed by atoms with E-state index in [9.17, 15) is 14.4 Å². The van der Waals surface area contributed by atoms with Crippen LogP contribution in [0.15, 0.2) is 33.9 Å². The highest BCUT2D eigenvalue weighted by Gasteiger charge is 2.24. The first-order valence-electron chi connectivity index (χ1n) is 10.7. The van der Waals surface area contributed by atoms with Gasteiger partial charge in [-0.3, -0.25) is 19.1 Å². The number of amides is 1. The minimum Gasteiger partial charge on any atom is -0.494 e. The molecule has 170 valence electrons. The molecule has 2 rings (SSSR count). The van der Waals surface area contributed by atoms with Gasteiger partial charge in [0.15, 0.2) is 12.3 Å². The SMILES string of the molecule is CCCCN(C(=O)COc1ccc(OCC)cc1)c1c(N)n(CCCC)c(=O)[nH]c1=O. The normalized spacial score (nSPS) is 10.7. The number of rotatable bonds is 12. The van der Waals surface area contributed by atoms with Gasteiger partial charge in [0.2, 0.25) is 0 Å². The quantitative estimate of drug-likeness (QED) is 0.532. The maximum Gasteiger partial charge on any atom is 0.330 e. The molecule has 0 saturated carbocycles. The van der Waals surface area contributed by atoms with Crippen LogP contribution in [0, 0.1) is 0 Å². The number of hydrogen-bond acceptors (Lipinski definition) is 6. The van der Waals surface area contributed by atoms with Crippen molar-refractivity contribution in [3.63, 3.8) is 0 Å². The lowest BCUT2D eigenvalue weighted by Gasteiger charge is -2.24. The molecule has 1 heterocycles. The average Bonchev–Trinajstić information content (AvgIpc) is 2.75. The molecular formula is C22H32N4O5. The van der Waals surface area contributed by atoms with E-state index in [1.807, 2.05) is 20.8 Å². The van der Waals surface area contributed by atoms with Gasteiger partial charge in [-0.2, -0.15) is 0 Å². The number of aromatic amines is 1. The van der Waals surface area contributed by atoms with E-state index in [1.165, 1.54) is 9.47 Å². The largest absolute Gasteiger partial charge is 0.494 e. The number of benzene rings is 1. The molecule has 0 fully saturated rings. The third-order valence-electron chi connectivity index (χ3n) is 4.75. The van der Waals surface area contributed by atoms with E-state index >= 15 is 0 Å². The van der Waals surface area contributed by atoms with Gasteiger partial charge in [-0.15, -0.1) is 0 Å². The number of anilines is 2. The van der Waals surface area contributed by atoms with Gasteiger partial charge in [0.1, 0.15) is 17.3 Å². The molecule has 9 heteroatoms. The number of carbonyl (C=O) groups excluding carboxylic acids is 1. The standard InChI is InChI=1S/C22H32N4O5/c1-4-7-13-25(18(27)15-31-17-11-9-16(10-12-17)30-6-3)19-20(23)26(14-8-5-2)22(29)24-21(19)28/h9-12H,4-8,13-15,23H2,1-3H3,(H,24,28,29). The number of nitrogens with two attached hydrogens (primary N) is 1. The van der Waals surface area contributed by atoms with Crippen molar-refractivity contribution >= 4 is 17.4 Å². The second-order valence-corrected chi connectivity index (χ2v) is 7.09. The Morgan fingerprint density at radius 3 is 2.23 bits per heavy atom. The molecule has 0 unspecified atom stereocenters. The van der Waals surface area contributed by atoms with E-state index in [1.54, 1.807) is 24.3 Å². The highest BCUT2D eigenvalue weighted by atomic mass is 16.5. The summed E-state index contributed by atoms with van der Waals surface area (Å²) in [7, 11) is 0. The maximum atomic E-state index is 13.0. The number of hydrogen-bond donors (Lipinski definition) is 2. The van der Waals surface area contributed by atoms with Gasteiger partial charge in [0.05, 0.1) is 6.61 Å². The Labute approximate surface area is 181 Å². The number of carbonyl (C=O) groups is 1. The van der Waals surface area contributed by atoms with Crippen LogP contribution in [0.1, 0.15) is 46.5 Å². The van der Waals surface area contributed by atoms with Crippen molar-refractivity contribution < 1.29 is 14.3 Å². The predicted octanol–water partition coefficient (Wildman–Crippen LogP) is 2.53. The molecule has 0 atom stereocenters. The lowest BCUT2D eigenvalue weighted by molar-refractivity contribution is -0.120. The number of H-pyrrole nitrogens is 1. The molecule has 0 saturated heterocycles. The average molecular weight is 433 g/mol. The topological polar surface area (TPSA) is 120 Å². The second kappa shape index (κ2) is 11.8. The zero-order valence-corrected chi connectivity index (χ0v) is 18.5. The zero-order valence-electron chi connectivity index (χ0n) is 18.5. The van der Waals surface area contributed by atoms with Crippen LogP contribution in [0.2, 0.25) is 0 Å². The van der Waals surface area contributed by atoms with E-state index < -0.39 is 17.2 Å². The smallest absolute Gasteiger partial charge is 0.330 e. The number of nitrogens with zero attached hydrogens (tertiary/aromatic N) is 2. The first kappa shape index (κ1) is 24.0. The minimum absolute atomic E-state index is 0.00674. The molecule has 0 aliphatic rings. The maximum absolute atomic E-state index is 13.0. The Morgan fingerprint density at radius 1 is 1.03 bits per heavy atom. The molecular weight excluding hydrogens is 400 g/mol. The summed E-state index contributed by atoms with van der Waals surface area (Å²) in [6, 6.07) is 6.93. The Morgan fingerprint density at radius 2 is 1.65 bits per heavy atom. The highest BCUT2D eigenvalue weighted by molar-refractivity contribution is 5.96. The molecule has 2 aromatic rings. The van der Waals surface area contributed by atoms with Gasteiger partial charge in [-0.1, -0.05) is 26.7 Å². The van der Waals surface area contributed by atoms with E-state index in [0.29, 0.717) is 37.6 Å². The van der Waals surface area contributed by atoms with Crippen molar-refractivity contribution in [3.05, 3.63) is 45.1 Å². The fraction of sp³-hybridized carbons (Fsp3) is 0.500. The first-order valence-corrected chi connectivity index (χ1v) is 10.7. The summed E-state index contributed by atoms with van der Waals surface area (Å²) in [4.78, 5) is 41.4. The Balaban J connectivity index is 2.27. The Bertz CT molecular complexity index is 965. The molecule has 0 bridgehead atoms. The van der Waals surface area contributed by atoms with Gasteiger partial charge in [0, 0.05) is 13.1 Å². The lowest BCUT2D eigenvalue weighted by atomic mass is 10.2. The van der Waals surface area contributed by atoms with Crippen LogP contribution in [0.25, 0.3) is 0 Å². The van der Waals surface area contributed by atoms with Gasteiger partial charge in [0.25, 0.3) is 11.5 Å².